The summed E-state index contributed by atoms with van der Waals surface area (Å²) in [5.74, 6) is -1.47. The van der Waals surface area contributed by atoms with E-state index in [-0.39, 0.29) is 47.1 Å². The molecule has 0 aromatic rings. The predicted molar refractivity (Wildman–Crippen MR) is 191 cm³/mol. The number of carboxylic acid groups (broad SMARTS) is 1. The Kier molecular flexibility index (Phi) is 14.7. The molecule has 276 valence electrons. The van der Waals surface area contributed by atoms with Gasteiger partial charge in [-0.15, -0.1) is 0 Å². The zero-order valence-electron chi connectivity index (χ0n) is 32.4. The quantitative estimate of drug-likeness (QED) is 0.255. The molecule has 0 unspecified atom stereocenters. The Labute approximate surface area is 287 Å². The minimum atomic E-state index is -1.95. The van der Waals surface area contributed by atoms with Gasteiger partial charge in [-0.1, -0.05) is 41.5 Å². The smallest absolute Gasteiger partial charge is 0.410 e. The van der Waals surface area contributed by atoms with E-state index < -0.39 is 45.8 Å². The molecule has 2 amide bonds. The Morgan fingerprint density at radius 3 is 1.30 bits per heavy atom. The fourth-order valence-electron chi connectivity index (χ4n) is 4.67. The van der Waals surface area contributed by atoms with Crippen molar-refractivity contribution in [3.63, 3.8) is 0 Å². The second-order valence-electron chi connectivity index (χ2n) is 18.3. The average Bonchev–Trinajstić information content (AvgIpc) is 3.48. The monoisotopic (exact) mass is 704 g/mol. The maximum atomic E-state index is 12.2. The third-order valence-electron chi connectivity index (χ3n) is 9.80. The van der Waals surface area contributed by atoms with Crippen molar-refractivity contribution in [2.75, 3.05) is 46.0 Å². The van der Waals surface area contributed by atoms with Gasteiger partial charge < -0.3 is 38.3 Å². The normalized spacial score (nSPS) is 22.9. The highest BCUT2D eigenvalue weighted by atomic mass is 28.4. The third-order valence-corrected chi connectivity index (χ3v) is 18.8. The van der Waals surface area contributed by atoms with Gasteiger partial charge in [0.1, 0.15) is 11.2 Å². The first-order chi connectivity index (χ1) is 20.9. The van der Waals surface area contributed by atoms with Gasteiger partial charge in [0.25, 0.3) is 0 Å². The molecular weight excluding hydrogens is 637 g/mol. The van der Waals surface area contributed by atoms with Crippen molar-refractivity contribution in [1.82, 2.24) is 9.80 Å². The van der Waals surface area contributed by atoms with Gasteiger partial charge in [-0.05, 0) is 77.8 Å². The van der Waals surface area contributed by atoms with E-state index in [1.165, 1.54) is 4.90 Å². The molecule has 2 saturated heterocycles. The van der Waals surface area contributed by atoms with Gasteiger partial charge in [0, 0.05) is 63.8 Å². The summed E-state index contributed by atoms with van der Waals surface area (Å²) in [5, 5.41) is 19.3. The van der Waals surface area contributed by atoms with Crippen molar-refractivity contribution in [3.05, 3.63) is 0 Å². The Balaban J connectivity index is 0.000000470. The molecule has 13 heteroatoms. The van der Waals surface area contributed by atoms with Gasteiger partial charge in [-0.3, -0.25) is 4.79 Å². The first-order valence-corrected chi connectivity index (χ1v) is 22.8. The minimum Gasteiger partial charge on any atom is -0.481 e. The predicted octanol–water partition coefficient (Wildman–Crippen LogP) is 7.06. The molecule has 0 aliphatic carbocycles. The molecule has 2 aliphatic rings. The van der Waals surface area contributed by atoms with Crippen LogP contribution in [0.25, 0.3) is 0 Å². The number of amides is 2. The lowest BCUT2D eigenvalue weighted by Crippen LogP contribution is -2.43. The molecule has 0 aromatic carbocycles. The van der Waals surface area contributed by atoms with Crippen LogP contribution in [0, 0.1) is 23.7 Å². The van der Waals surface area contributed by atoms with Crippen LogP contribution in [0.4, 0.5) is 9.59 Å². The van der Waals surface area contributed by atoms with Gasteiger partial charge in [0.15, 0.2) is 16.6 Å². The van der Waals surface area contributed by atoms with E-state index in [0.717, 1.165) is 0 Å². The summed E-state index contributed by atoms with van der Waals surface area (Å²) in [6.07, 6.45) is -0.755. The molecule has 2 N–H and O–H groups in total. The van der Waals surface area contributed by atoms with Crippen molar-refractivity contribution in [2.24, 2.45) is 23.7 Å². The topological polar surface area (TPSA) is 135 Å². The Bertz CT molecular complexity index is 1060. The molecular formula is C34H68N2O9Si2. The Morgan fingerprint density at radius 1 is 0.617 bits per heavy atom. The van der Waals surface area contributed by atoms with Crippen LogP contribution in [0.5, 0.6) is 0 Å². The number of nitrogens with zero attached hydrogens (tertiary/aromatic N) is 2. The van der Waals surface area contributed by atoms with Crippen molar-refractivity contribution in [2.45, 2.75) is 131 Å². The van der Waals surface area contributed by atoms with Crippen molar-refractivity contribution < 1.29 is 42.9 Å². The van der Waals surface area contributed by atoms with Gasteiger partial charge >= 0.3 is 18.2 Å². The lowest BCUT2D eigenvalue weighted by Gasteiger charge is -2.37. The van der Waals surface area contributed by atoms with Crippen molar-refractivity contribution in [3.8, 4) is 0 Å². The number of aliphatic carboxylic acids is 1. The molecule has 4 atom stereocenters. The SMILES string of the molecule is CC(C)(C)OC(=O)N1C[C@H](CO)[C@@H](CO[Si](C)(C)C(C)(C)C)C1.CC(C)(C)OC(=O)N1C[C@H](CO[Si](C)(C)C(C)(C)C)[C@@H](C(=O)O)C1. The minimum absolute atomic E-state index is 0.0623. The Morgan fingerprint density at radius 2 is 0.957 bits per heavy atom. The van der Waals surface area contributed by atoms with E-state index in [4.69, 9.17) is 18.3 Å². The number of likely N-dealkylation sites (tertiary alicyclic amines) is 2. The molecule has 0 spiro atoms. The van der Waals surface area contributed by atoms with Crippen LogP contribution < -0.4 is 0 Å². The highest BCUT2D eigenvalue weighted by Crippen LogP contribution is 2.39. The van der Waals surface area contributed by atoms with E-state index in [2.05, 4.69) is 67.7 Å². The second kappa shape index (κ2) is 15.9. The molecule has 0 saturated carbocycles. The Hall–Kier alpha value is -1.68. The third kappa shape index (κ3) is 13.6. The molecule has 2 fully saturated rings. The molecule has 0 aromatic heterocycles. The van der Waals surface area contributed by atoms with E-state index in [1.807, 2.05) is 20.8 Å². The number of carbonyl (C=O) groups is 3. The second-order valence-corrected chi connectivity index (χ2v) is 27.9. The molecule has 0 bridgehead atoms. The van der Waals surface area contributed by atoms with Crippen molar-refractivity contribution >= 4 is 34.8 Å². The van der Waals surface area contributed by atoms with Crippen LogP contribution in [-0.2, 0) is 23.1 Å². The van der Waals surface area contributed by atoms with Gasteiger partial charge in [0.05, 0.1) is 5.92 Å². The molecule has 0 radical (unpaired) electrons. The first kappa shape index (κ1) is 43.3. The summed E-state index contributed by atoms with van der Waals surface area (Å²) in [5.41, 5.74) is -1.09. The summed E-state index contributed by atoms with van der Waals surface area (Å²) in [7, 11) is -3.77. The van der Waals surface area contributed by atoms with E-state index in [9.17, 15) is 24.6 Å². The fraction of sp³-hybridized carbons (Fsp3) is 0.912. The largest absolute Gasteiger partial charge is 0.481 e. The van der Waals surface area contributed by atoms with Crippen LogP contribution in [0.3, 0.4) is 0 Å². The van der Waals surface area contributed by atoms with Crippen LogP contribution in [0.15, 0.2) is 0 Å². The van der Waals surface area contributed by atoms with Gasteiger partial charge in [0.2, 0.25) is 0 Å². The first-order valence-electron chi connectivity index (χ1n) is 17.0. The lowest BCUT2D eigenvalue weighted by molar-refractivity contribution is -0.142. The summed E-state index contributed by atoms with van der Waals surface area (Å²) < 4.78 is 23.3. The van der Waals surface area contributed by atoms with Crippen LogP contribution >= 0.6 is 0 Å². The number of rotatable bonds is 8. The molecule has 47 heavy (non-hydrogen) atoms. The highest BCUT2D eigenvalue weighted by molar-refractivity contribution is 6.74. The zero-order chi connectivity index (χ0) is 37.0. The maximum Gasteiger partial charge on any atom is 0.410 e. The fourth-order valence-corrected chi connectivity index (χ4v) is 6.80. The molecule has 2 rings (SSSR count). The summed E-state index contributed by atoms with van der Waals surface area (Å²) in [6.45, 7) is 35.5. The number of carboxylic acids is 1. The molecule has 2 heterocycles. The standard InChI is InChI=1S/C17H33NO5Si.C17H35NO4Si/c1-16(2,3)23-15(21)18-9-12(13(10-18)14(19)20)11-22-24(7,8)17(4,5)6;1-16(2,3)22-15(20)18-9-13(11-19)14(10-18)12-21-23(7,8)17(4,5)6/h12-13H,9-11H2,1-8H3,(H,19,20);13-14,19H,9-12H2,1-8H3/t12-,13+;13-,14-/m11/s1. The summed E-state index contributed by atoms with van der Waals surface area (Å²) >= 11 is 0. The average molecular weight is 705 g/mol. The van der Waals surface area contributed by atoms with Crippen LogP contribution in [0.2, 0.25) is 36.3 Å². The van der Waals surface area contributed by atoms with Crippen LogP contribution in [-0.4, -0.2) is 112 Å². The summed E-state index contributed by atoms with van der Waals surface area (Å²) in [6, 6.07) is 0. The molecule has 2 aliphatic heterocycles. The van der Waals surface area contributed by atoms with Gasteiger partial charge in [-0.25, -0.2) is 9.59 Å². The van der Waals surface area contributed by atoms with E-state index in [1.54, 1.807) is 25.7 Å². The number of hydrogen-bond acceptors (Lipinski definition) is 8. The number of carbonyl (C=O) groups excluding carboxylic acids is 2. The maximum absolute atomic E-state index is 12.2. The number of aliphatic hydroxyl groups excluding tert-OH is 1. The number of ether oxygens (including phenoxy) is 2. The van der Waals surface area contributed by atoms with Gasteiger partial charge in [-0.2, -0.15) is 0 Å². The summed E-state index contributed by atoms with van der Waals surface area (Å²) in [4.78, 5) is 39.2. The van der Waals surface area contributed by atoms with Crippen molar-refractivity contribution in [1.29, 1.82) is 0 Å². The highest BCUT2D eigenvalue weighted by Gasteiger charge is 2.44. The van der Waals surface area contributed by atoms with E-state index in [0.29, 0.717) is 32.8 Å². The van der Waals surface area contributed by atoms with Crippen LogP contribution in [0.1, 0.15) is 83.1 Å². The zero-order valence-corrected chi connectivity index (χ0v) is 34.4. The van der Waals surface area contributed by atoms with E-state index >= 15 is 0 Å². The molecule has 11 nitrogen and oxygen atoms in total. The number of hydrogen-bond donors (Lipinski definition) is 2. The number of aliphatic hydroxyl groups is 1. The lowest BCUT2D eigenvalue weighted by atomic mass is 9.97.